The number of ether oxygens (including phenoxy) is 1. The van der Waals surface area contributed by atoms with Gasteiger partial charge in [0.05, 0.1) is 23.9 Å². The Morgan fingerprint density at radius 1 is 1.33 bits per heavy atom. The number of anilines is 2. The number of piperidine rings is 1. The van der Waals surface area contributed by atoms with E-state index in [0.717, 1.165) is 31.6 Å². The molecule has 0 radical (unpaired) electrons. The Morgan fingerprint density at radius 2 is 2.12 bits per heavy atom. The van der Waals surface area contributed by atoms with Gasteiger partial charge < -0.3 is 19.9 Å². The molecule has 2 saturated heterocycles. The van der Waals surface area contributed by atoms with E-state index in [4.69, 9.17) is 10.00 Å². The van der Waals surface area contributed by atoms with Gasteiger partial charge in [-0.2, -0.15) is 5.26 Å². The SMILES string of the molecule is COC1CCN(c2ccc(NC(=O)[C@H]3CCN(C#N)C3)nc2)CC1. The van der Waals surface area contributed by atoms with Gasteiger partial charge in [-0.15, -0.1) is 0 Å². The largest absolute Gasteiger partial charge is 0.381 e. The Hall–Kier alpha value is -2.33. The Morgan fingerprint density at radius 3 is 2.71 bits per heavy atom. The number of pyridine rings is 1. The Labute approximate surface area is 142 Å². The zero-order chi connectivity index (χ0) is 16.9. The lowest BCUT2D eigenvalue weighted by molar-refractivity contribution is -0.119. The molecule has 0 saturated carbocycles. The number of rotatable bonds is 4. The second-order valence-electron chi connectivity index (χ2n) is 6.34. The van der Waals surface area contributed by atoms with Gasteiger partial charge in [0.1, 0.15) is 5.82 Å². The number of hydrogen-bond donors (Lipinski definition) is 1. The van der Waals surface area contributed by atoms with Crippen LogP contribution in [0.2, 0.25) is 0 Å². The quantitative estimate of drug-likeness (QED) is 0.842. The molecule has 0 bridgehead atoms. The molecule has 2 fully saturated rings. The Kier molecular flexibility index (Phi) is 5.16. The highest BCUT2D eigenvalue weighted by atomic mass is 16.5. The fourth-order valence-corrected chi connectivity index (χ4v) is 3.29. The summed E-state index contributed by atoms with van der Waals surface area (Å²) >= 11 is 0. The summed E-state index contributed by atoms with van der Waals surface area (Å²) in [7, 11) is 1.76. The Balaban J connectivity index is 1.53. The first-order valence-electron chi connectivity index (χ1n) is 8.39. The number of methoxy groups -OCH3 is 1. The monoisotopic (exact) mass is 329 g/mol. The predicted octanol–water partition coefficient (Wildman–Crippen LogP) is 1.44. The number of nitrogens with one attached hydrogen (secondary N) is 1. The molecule has 7 nitrogen and oxygen atoms in total. The van der Waals surface area contributed by atoms with Crippen LogP contribution in [0.15, 0.2) is 18.3 Å². The number of hydrogen-bond acceptors (Lipinski definition) is 6. The van der Waals surface area contributed by atoms with E-state index in [0.29, 0.717) is 31.4 Å². The maximum absolute atomic E-state index is 12.2. The van der Waals surface area contributed by atoms with Gasteiger partial charge in [-0.05, 0) is 31.4 Å². The minimum absolute atomic E-state index is 0.0612. The number of nitriles is 1. The van der Waals surface area contributed by atoms with Gasteiger partial charge >= 0.3 is 0 Å². The summed E-state index contributed by atoms with van der Waals surface area (Å²) < 4.78 is 5.39. The van der Waals surface area contributed by atoms with Gasteiger partial charge in [-0.1, -0.05) is 0 Å². The van der Waals surface area contributed by atoms with E-state index in [2.05, 4.69) is 21.4 Å². The smallest absolute Gasteiger partial charge is 0.230 e. The first kappa shape index (κ1) is 16.5. The summed E-state index contributed by atoms with van der Waals surface area (Å²) in [4.78, 5) is 20.5. The highest BCUT2D eigenvalue weighted by Crippen LogP contribution is 2.22. The van der Waals surface area contributed by atoms with Crippen LogP contribution < -0.4 is 10.2 Å². The molecule has 2 aliphatic rings. The van der Waals surface area contributed by atoms with Crippen LogP contribution >= 0.6 is 0 Å². The molecule has 1 amide bonds. The third-order valence-electron chi connectivity index (χ3n) is 4.84. The highest BCUT2D eigenvalue weighted by Gasteiger charge is 2.28. The third-order valence-corrected chi connectivity index (χ3v) is 4.84. The van der Waals surface area contributed by atoms with Crippen LogP contribution in [0.3, 0.4) is 0 Å². The lowest BCUT2D eigenvalue weighted by Gasteiger charge is -2.32. The molecule has 0 aliphatic carbocycles. The second-order valence-corrected chi connectivity index (χ2v) is 6.34. The van der Waals surface area contributed by atoms with Crippen molar-refractivity contribution in [1.82, 2.24) is 9.88 Å². The molecule has 3 heterocycles. The van der Waals surface area contributed by atoms with E-state index in [9.17, 15) is 4.79 Å². The molecular formula is C17H23N5O2. The summed E-state index contributed by atoms with van der Waals surface area (Å²) in [6, 6.07) is 3.83. The molecular weight excluding hydrogens is 306 g/mol. The molecule has 1 aromatic rings. The fourth-order valence-electron chi connectivity index (χ4n) is 3.29. The molecule has 1 N–H and O–H groups in total. The van der Waals surface area contributed by atoms with Crippen molar-refractivity contribution >= 4 is 17.4 Å². The van der Waals surface area contributed by atoms with Crippen LogP contribution in [-0.2, 0) is 9.53 Å². The summed E-state index contributed by atoms with van der Waals surface area (Å²) in [5.74, 6) is 0.360. The molecule has 1 atom stereocenters. The lowest BCUT2D eigenvalue weighted by atomic mass is 10.1. The van der Waals surface area contributed by atoms with Gasteiger partial charge in [-0.3, -0.25) is 4.79 Å². The summed E-state index contributed by atoms with van der Waals surface area (Å²) in [5, 5.41) is 11.7. The van der Waals surface area contributed by atoms with E-state index < -0.39 is 0 Å². The number of amides is 1. The third kappa shape index (κ3) is 3.77. The number of carbonyl (C=O) groups is 1. The molecule has 2 aliphatic heterocycles. The first-order valence-corrected chi connectivity index (χ1v) is 8.39. The number of aromatic nitrogens is 1. The topological polar surface area (TPSA) is 81.5 Å². The molecule has 0 spiro atoms. The van der Waals surface area contributed by atoms with Gasteiger partial charge in [0, 0.05) is 33.3 Å². The predicted molar refractivity (Wildman–Crippen MR) is 90.4 cm³/mol. The second kappa shape index (κ2) is 7.49. The Bertz CT molecular complexity index is 604. The van der Waals surface area contributed by atoms with Crippen LogP contribution in [0.1, 0.15) is 19.3 Å². The first-order chi connectivity index (χ1) is 11.7. The normalized spacial score (nSPS) is 21.6. The van der Waals surface area contributed by atoms with Crippen molar-refractivity contribution in [3.63, 3.8) is 0 Å². The van der Waals surface area contributed by atoms with E-state index in [1.807, 2.05) is 12.1 Å². The zero-order valence-corrected chi connectivity index (χ0v) is 13.9. The van der Waals surface area contributed by atoms with Crippen molar-refractivity contribution in [2.24, 2.45) is 5.92 Å². The average Bonchev–Trinajstić information content (AvgIpc) is 3.12. The van der Waals surface area contributed by atoms with E-state index in [1.54, 1.807) is 18.2 Å². The van der Waals surface area contributed by atoms with Crippen molar-refractivity contribution in [2.75, 3.05) is 43.5 Å². The van der Waals surface area contributed by atoms with Crippen molar-refractivity contribution < 1.29 is 9.53 Å². The van der Waals surface area contributed by atoms with Gasteiger partial charge in [0.25, 0.3) is 0 Å². The van der Waals surface area contributed by atoms with E-state index >= 15 is 0 Å². The summed E-state index contributed by atoms with van der Waals surface area (Å²) in [6.07, 6.45) is 7.00. The van der Waals surface area contributed by atoms with Crippen molar-refractivity contribution in [1.29, 1.82) is 5.26 Å². The van der Waals surface area contributed by atoms with Crippen LogP contribution in [0.25, 0.3) is 0 Å². The van der Waals surface area contributed by atoms with Gasteiger partial charge in [0.2, 0.25) is 5.91 Å². The van der Waals surface area contributed by atoms with Crippen molar-refractivity contribution in [3.8, 4) is 6.19 Å². The maximum atomic E-state index is 12.2. The van der Waals surface area contributed by atoms with Crippen LogP contribution in [0.5, 0.6) is 0 Å². The summed E-state index contributed by atoms with van der Waals surface area (Å²) in [6.45, 7) is 3.06. The molecule has 24 heavy (non-hydrogen) atoms. The van der Waals surface area contributed by atoms with Crippen LogP contribution in [0.4, 0.5) is 11.5 Å². The van der Waals surface area contributed by atoms with Crippen molar-refractivity contribution in [2.45, 2.75) is 25.4 Å². The number of nitrogens with zero attached hydrogens (tertiary/aromatic N) is 4. The minimum Gasteiger partial charge on any atom is -0.381 e. The van der Waals surface area contributed by atoms with Gasteiger partial charge in [0.15, 0.2) is 6.19 Å². The number of carbonyl (C=O) groups excluding carboxylic acids is 1. The summed E-state index contributed by atoms with van der Waals surface area (Å²) in [5.41, 5.74) is 1.07. The minimum atomic E-state index is -0.140. The maximum Gasteiger partial charge on any atom is 0.230 e. The molecule has 3 rings (SSSR count). The molecule has 0 unspecified atom stereocenters. The van der Waals surface area contributed by atoms with Crippen LogP contribution in [0, 0.1) is 17.4 Å². The standard InChI is InChI=1S/C17H23N5O2/c1-24-15-5-8-22(9-6-15)14-2-3-16(19-10-14)20-17(23)13-4-7-21(11-13)12-18/h2-3,10,13,15H,4-9,11H2,1H3,(H,19,20,23)/t13-/m0/s1. The molecule has 0 aromatic carbocycles. The highest BCUT2D eigenvalue weighted by molar-refractivity contribution is 5.92. The van der Waals surface area contributed by atoms with Crippen molar-refractivity contribution in [3.05, 3.63) is 18.3 Å². The van der Waals surface area contributed by atoms with E-state index in [1.165, 1.54) is 0 Å². The molecule has 128 valence electrons. The fraction of sp³-hybridized carbons (Fsp3) is 0.588. The zero-order valence-electron chi connectivity index (χ0n) is 13.9. The lowest BCUT2D eigenvalue weighted by Crippen LogP contribution is -2.36. The van der Waals surface area contributed by atoms with Gasteiger partial charge in [-0.25, -0.2) is 4.98 Å². The molecule has 7 heteroatoms. The average molecular weight is 329 g/mol. The molecule has 1 aromatic heterocycles. The number of likely N-dealkylation sites (tertiary alicyclic amines) is 1. The van der Waals surface area contributed by atoms with E-state index in [-0.39, 0.29) is 11.8 Å². The van der Waals surface area contributed by atoms with Crippen LogP contribution in [-0.4, -0.2) is 55.2 Å².